The molecule has 3 saturated carbocycles. The lowest BCUT2D eigenvalue weighted by molar-refractivity contribution is 0.105. The number of hydrogen-bond donors (Lipinski definition) is 1. The Kier molecular flexibility index (Phi) is 2.69. The largest absolute Gasteiger partial charge is 0.314 e. The van der Waals surface area contributed by atoms with Gasteiger partial charge in [0.2, 0.25) is 0 Å². The summed E-state index contributed by atoms with van der Waals surface area (Å²) in [6.07, 6.45) is 9.24. The Labute approximate surface area is 105 Å². The summed E-state index contributed by atoms with van der Waals surface area (Å²) in [7, 11) is 0. The van der Waals surface area contributed by atoms with E-state index in [1.807, 2.05) is 0 Å². The quantitative estimate of drug-likeness (QED) is 0.804. The molecule has 0 aromatic rings. The zero-order valence-corrected chi connectivity index (χ0v) is 10.9. The van der Waals surface area contributed by atoms with E-state index in [0.29, 0.717) is 0 Å². The van der Waals surface area contributed by atoms with Gasteiger partial charge in [0.25, 0.3) is 0 Å². The van der Waals surface area contributed by atoms with E-state index in [0.717, 1.165) is 29.7 Å². The van der Waals surface area contributed by atoms with Gasteiger partial charge in [-0.3, -0.25) is 4.90 Å². The molecule has 17 heavy (non-hydrogen) atoms. The normalized spacial score (nSPS) is 46.6. The van der Waals surface area contributed by atoms with Gasteiger partial charge in [0.05, 0.1) is 0 Å². The fourth-order valence-electron chi connectivity index (χ4n) is 4.84. The molecule has 1 heterocycles. The third-order valence-electron chi connectivity index (χ3n) is 5.92. The van der Waals surface area contributed by atoms with E-state index in [2.05, 4.69) is 10.2 Å². The summed E-state index contributed by atoms with van der Waals surface area (Å²) in [5, 5.41) is 3.60. The van der Waals surface area contributed by atoms with Crippen LogP contribution in [0.25, 0.3) is 0 Å². The molecule has 2 nitrogen and oxygen atoms in total. The van der Waals surface area contributed by atoms with Gasteiger partial charge in [-0.1, -0.05) is 6.42 Å². The highest BCUT2D eigenvalue weighted by molar-refractivity contribution is 4.96. The second-order valence-corrected chi connectivity index (χ2v) is 7.04. The molecule has 96 valence electrons. The standard InChI is InChI=1S/C15H26N2/c1-2-13-7-11(1)8-14(13)10-17-6-5-16-9-15(17)12-3-4-12/h11-16H,1-10H2. The maximum Gasteiger partial charge on any atom is 0.0249 e. The van der Waals surface area contributed by atoms with E-state index in [4.69, 9.17) is 0 Å². The molecule has 4 atom stereocenters. The van der Waals surface area contributed by atoms with E-state index in [1.54, 1.807) is 25.7 Å². The minimum absolute atomic E-state index is 0.892. The lowest BCUT2D eigenvalue weighted by Gasteiger charge is -2.39. The van der Waals surface area contributed by atoms with Crippen molar-refractivity contribution in [3.63, 3.8) is 0 Å². The van der Waals surface area contributed by atoms with Crippen molar-refractivity contribution >= 4 is 0 Å². The summed E-state index contributed by atoms with van der Waals surface area (Å²) < 4.78 is 0. The summed E-state index contributed by atoms with van der Waals surface area (Å²) in [5.74, 6) is 4.33. The second-order valence-electron chi connectivity index (χ2n) is 7.04. The number of nitrogens with one attached hydrogen (secondary N) is 1. The lowest BCUT2D eigenvalue weighted by atomic mass is 9.87. The number of hydrogen-bond acceptors (Lipinski definition) is 2. The minimum atomic E-state index is 0.892. The molecule has 1 saturated heterocycles. The summed E-state index contributed by atoms with van der Waals surface area (Å²) in [6.45, 7) is 5.24. The van der Waals surface area contributed by atoms with Crippen molar-refractivity contribution in [1.29, 1.82) is 0 Å². The molecule has 4 unspecified atom stereocenters. The van der Waals surface area contributed by atoms with Crippen LogP contribution in [0.1, 0.15) is 38.5 Å². The summed E-state index contributed by atoms with van der Waals surface area (Å²) in [6, 6.07) is 0.892. The van der Waals surface area contributed by atoms with Gasteiger partial charge in [-0.15, -0.1) is 0 Å². The number of piperazine rings is 1. The smallest absolute Gasteiger partial charge is 0.0249 e. The monoisotopic (exact) mass is 234 g/mol. The Morgan fingerprint density at radius 1 is 1.00 bits per heavy atom. The van der Waals surface area contributed by atoms with E-state index in [1.165, 1.54) is 39.0 Å². The first-order chi connectivity index (χ1) is 8.40. The Hall–Kier alpha value is -0.0800. The van der Waals surface area contributed by atoms with Crippen LogP contribution >= 0.6 is 0 Å². The minimum Gasteiger partial charge on any atom is -0.314 e. The van der Waals surface area contributed by atoms with Crippen LogP contribution in [-0.4, -0.2) is 37.1 Å². The molecule has 0 radical (unpaired) electrons. The van der Waals surface area contributed by atoms with E-state index < -0.39 is 0 Å². The molecule has 2 heteroatoms. The molecule has 1 aliphatic heterocycles. The highest BCUT2D eigenvalue weighted by Crippen LogP contribution is 2.49. The van der Waals surface area contributed by atoms with Gasteiger partial charge in [-0.05, 0) is 55.8 Å². The molecule has 3 aliphatic carbocycles. The summed E-state index contributed by atoms with van der Waals surface area (Å²) in [4.78, 5) is 2.86. The third-order valence-corrected chi connectivity index (χ3v) is 5.92. The van der Waals surface area contributed by atoms with Crippen LogP contribution in [0.15, 0.2) is 0 Å². The molecule has 1 N–H and O–H groups in total. The van der Waals surface area contributed by atoms with Crippen LogP contribution in [-0.2, 0) is 0 Å². The van der Waals surface area contributed by atoms with Gasteiger partial charge in [0.1, 0.15) is 0 Å². The van der Waals surface area contributed by atoms with Crippen molar-refractivity contribution < 1.29 is 0 Å². The van der Waals surface area contributed by atoms with Crippen LogP contribution < -0.4 is 5.32 Å². The lowest BCUT2D eigenvalue weighted by Crippen LogP contribution is -2.53. The average molecular weight is 234 g/mol. The first-order valence-electron chi connectivity index (χ1n) is 7.85. The predicted octanol–water partition coefficient (Wildman–Crippen LogP) is 2.11. The molecule has 4 fully saturated rings. The van der Waals surface area contributed by atoms with Crippen molar-refractivity contribution in [1.82, 2.24) is 10.2 Å². The van der Waals surface area contributed by atoms with Crippen LogP contribution in [0.3, 0.4) is 0 Å². The molecule has 0 amide bonds. The average Bonchev–Trinajstić information content (AvgIpc) is 3.00. The second kappa shape index (κ2) is 4.24. The van der Waals surface area contributed by atoms with Crippen LogP contribution in [0.4, 0.5) is 0 Å². The zero-order chi connectivity index (χ0) is 11.2. The van der Waals surface area contributed by atoms with Gasteiger partial charge >= 0.3 is 0 Å². The van der Waals surface area contributed by atoms with Gasteiger partial charge in [-0.25, -0.2) is 0 Å². The fourth-order valence-corrected chi connectivity index (χ4v) is 4.84. The molecule has 4 aliphatic rings. The Morgan fingerprint density at radius 3 is 2.59 bits per heavy atom. The maximum absolute atomic E-state index is 3.60. The predicted molar refractivity (Wildman–Crippen MR) is 69.9 cm³/mol. The van der Waals surface area contributed by atoms with Crippen LogP contribution in [0, 0.1) is 23.7 Å². The highest BCUT2D eigenvalue weighted by atomic mass is 15.2. The Bertz CT molecular complexity index is 287. The van der Waals surface area contributed by atoms with E-state index in [-0.39, 0.29) is 0 Å². The molecule has 2 bridgehead atoms. The van der Waals surface area contributed by atoms with Crippen LogP contribution in [0.2, 0.25) is 0 Å². The van der Waals surface area contributed by atoms with Gasteiger partial charge < -0.3 is 5.32 Å². The topological polar surface area (TPSA) is 15.3 Å². The zero-order valence-electron chi connectivity index (χ0n) is 10.9. The van der Waals surface area contributed by atoms with Gasteiger partial charge in [0, 0.05) is 32.2 Å². The Morgan fingerprint density at radius 2 is 1.88 bits per heavy atom. The molecule has 0 spiro atoms. The van der Waals surface area contributed by atoms with Crippen molar-refractivity contribution in [2.75, 3.05) is 26.2 Å². The first kappa shape index (κ1) is 10.8. The molecular weight excluding hydrogens is 208 g/mol. The summed E-state index contributed by atoms with van der Waals surface area (Å²) in [5.41, 5.74) is 0. The highest BCUT2D eigenvalue weighted by Gasteiger charge is 2.42. The Balaban J connectivity index is 1.39. The number of rotatable bonds is 3. The van der Waals surface area contributed by atoms with Gasteiger partial charge in [0.15, 0.2) is 0 Å². The van der Waals surface area contributed by atoms with E-state index >= 15 is 0 Å². The fraction of sp³-hybridized carbons (Fsp3) is 1.00. The van der Waals surface area contributed by atoms with Crippen molar-refractivity contribution in [3.8, 4) is 0 Å². The SMILES string of the molecule is C1CN(CC2CC3CCC2C3)C(C2CC2)CN1. The molecule has 4 rings (SSSR count). The maximum atomic E-state index is 3.60. The van der Waals surface area contributed by atoms with Crippen molar-refractivity contribution in [2.45, 2.75) is 44.6 Å². The van der Waals surface area contributed by atoms with E-state index in [9.17, 15) is 0 Å². The summed E-state index contributed by atoms with van der Waals surface area (Å²) >= 11 is 0. The number of fused-ring (bicyclic) bond motifs is 2. The molecule has 0 aromatic carbocycles. The first-order valence-corrected chi connectivity index (χ1v) is 7.85. The number of nitrogens with zero attached hydrogens (tertiary/aromatic N) is 1. The molecule has 0 aromatic heterocycles. The van der Waals surface area contributed by atoms with Gasteiger partial charge in [-0.2, -0.15) is 0 Å². The van der Waals surface area contributed by atoms with Crippen molar-refractivity contribution in [2.24, 2.45) is 23.7 Å². The van der Waals surface area contributed by atoms with Crippen molar-refractivity contribution in [3.05, 3.63) is 0 Å². The molecular formula is C15H26N2. The van der Waals surface area contributed by atoms with Crippen LogP contribution in [0.5, 0.6) is 0 Å². The third kappa shape index (κ3) is 2.04.